The monoisotopic (exact) mass is 211 g/mol. The van der Waals surface area contributed by atoms with Gasteiger partial charge in [-0.05, 0) is 19.1 Å². The molecule has 1 N–H and O–H groups in total. The Bertz CT molecular complexity index is 356. The number of aliphatic hydroxyl groups excluding tert-OH is 1. The Kier molecular flexibility index (Phi) is 4.05. The normalized spacial score (nSPS) is 13.0. The zero-order valence-electron chi connectivity index (χ0n) is 8.64. The second-order valence-electron chi connectivity index (χ2n) is 2.94. The largest absolute Gasteiger partial charge is 0.467 e. The molecule has 1 aromatic rings. The molecule has 0 fully saturated rings. The third kappa shape index (κ3) is 3.21. The molecule has 5 nitrogen and oxygen atoms in total. The smallest absolute Gasteiger partial charge is 0.330 e. The molecule has 1 rings (SSSR count). The highest BCUT2D eigenvalue weighted by Gasteiger charge is 2.09. The van der Waals surface area contributed by atoms with E-state index in [1.54, 1.807) is 19.1 Å². The van der Waals surface area contributed by atoms with Crippen LogP contribution in [0.2, 0.25) is 0 Å². The fourth-order valence-corrected chi connectivity index (χ4v) is 0.966. The maximum absolute atomic E-state index is 11.0. The van der Waals surface area contributed by atoms with E-state index in [4.69, 9.17) is 9.52 Å². The molecule has 1 heterocycles. The molecule has 15 heavy (non-hydrogen) atoms. The number of hydrogen-bond donors (Lipinski definition) is 1. The molecule has 0 amide bonds. The summed E-state index contributed by atoms with van der Waals surface area (Å²) in [5.74, 6) is 0.553. The van der Waals surface area contributed by atoms with E-state index in [2.05, 4.69) is 9.73 Å². The number of aliphatic hydroxyl groups is 1. The third-order valence-corrected chi connectivity index (χ3v) is 1.81. The van der Waals surface area contributed by atoms with Crippen LogP contribution in [0.15, 0.2) is 21.5 Å². The summed E-state index contributed by atoms with van der Waals surface area (Å²) in [4.78, 5) is 14.9. The summed E-state index contributed by atoms with van der Waals surface area (Å²) in [5, 5.41) is 8.74. The minimum Gasteiger partial charge on any atom is -0.467 e. The van der Waals surface area contributed by atoms with Crippen LogP contribution >= 0.6 is 0 Å². The van der Waals surface area contributed by atoms with Gasteiger partial charge in [0.05, 0.1) is 13.3 Å². The molecule has 1 aromatic heterocycles. The highest BCUT2D eigenvalue weighted by molar-refractivity contribution is 5.81. The van der Waals surface area contributed by atoms with Crippen LogP contribution in [0.25, 0.3) is 0 Å². The van der Waals surface area contributed by atoms with E-state index >= 15 is 0 Å². The molecule has 0 radical (unpaired) electrons. The standard InChI is InChI=1S/C10H13NO4/c1-7(10(13)14-2)11-5-8-3-4-9(6-12)15-8/h3-5,7,12H,6H2,1-2H3. The van der Waals surface area contributed by atoms with Crippen molar-refractivity contribution in [3.63, 3.8) is 0 Å². The molecule has 0 aliphatic carbocycles. The highest BCUT2D eigenvalue weighted by Crippen LogP contribution is 2.05. The summed E-state index contributed by atoms with van der Waals surface area (Å²) < 4.78 is 9.65. The average molecular weight is 211 g/mol. The van der Waals surface area contributed by atoms with Crippen molar-refractivity contribution in [3.8, 4) is 0 Å². The van der Waals surface area contributed by atoms with Crippen molar-refractivity contribution in [1.29, 1.82) is 0 Å². The van der Waals surface area contributed by atoms with Crippen molar-refractivity contribution in [3.05, 3.63) is 23.7 Å². The fourth-order valence-electron chi connectivity index (χ4n) is 0.966. The molecule has 1 unspecified atom stereocenters. The Morgan fingerprint density at radius 1 is 1.73 bits per heavy atom. The molecular weight excluding hydrogens is 198 g/mol. The molecule has 1 atom stereocenters. The Balaban J connectivity index is 2.60. The van der Waals surface area contributed by atoms with Gasteiger partial charge >= 0.3 is 5.97 Å². The van der Waals surface area contributed by atoms with Crippen LogP contribution in [0.4, 0.5) is 0 Å². The van der Waals surface area contributed by atoms with E-state index in [-0.39, 0.29) is 6.61 Å². The van der Waals surface area contributed by atoms with Gasteiger partial charge in [-0.3, -0.25) is 4.99 Å². The summed E-state index contributed by atoms with van der Waals surface area (Å²) >= 11 is 0. The number of ether oxygens (including phenoxy) is 1. The lowest BCUT2D eigenvalue weighted by Crippen LogP contribution is -2.16. The van der Waals surface area contributed by atoms with Gasteiger partial charge in [-0.15, -0.1) is 0 Å². The maximum Gasteiger partial charge on any atom is 0.330 e. The van der Waals surface area contributed by atoms with Crippen molar-refractivity contribution in [2.24, 2.45) is 4.99 Å². The summed E-state index contributed by atoms with van der Waals surface area (Å²) in [5.41, 5.74) is 0. The Morgan fingerprint density at radius 3 is 3.00 bits per heavy atom. The lowest BCUT2D eigenvalue weighted by atomic mass is 10.3. The van der Waals surface area contributed by atoms with Gasteiger partial charge in [0.2, 0.25) is 0 Å². The van der Waals surface area contributed by atoms with Crippen LogP contribution in [-0.4, -0.2) is 30.4 Å². The minimum absolute atomic E-state index is 0.152. The predicted molar refractivity (Wildman–Crippen MR) is 53.7 cm³/mol. The molecule has 0 aromatic carbocycles. The average Bonchev–Trinajstić information content (AvgIpc) is 2.72. The highest BCUT2D eigenvalue weighted by atomic mass is 16.5. The van der Waals surface area contributed by atoms with Crippen LogP contribution in [0, 0.1) is 0 Å². The van der Waals surface area contributed by atoms with Crippen LogP contribution in [0.5, 0.6) is 0 Å². The van der Waals surface area contributed by atoms with Crippen molar-refractivity contribution in [1.82, 2.24) is 0 Å². The molecule has 0 bridgehead atoms. The van der Waals surface area contributed by atoms with Gasteiger partial charge < -0.3 is 14.3 Å². The number of hydrogen-bond acceptors (Lipinski definition) is 5. The lowest BCUT2D eigenvalue weighted by molar-refractivity contribution is -0.141. The number of furan rings is 1. The molecule has 0 saturated heterocycles. The predicted octanol–water partition coefficient (Wildman–Crippen LogP) is 0.752. The van der Waals surface area contributed by atoms with Gasteiger partial charge in [-0.2, -0.15) is 0 Å². The van der Waals surface area contributed by atoms with Crippen LogP contribution in [-0.2, 0) is 16.1 Å². The molecular formula is C10H13NO4. The minimum atomic E-state index is -0.558. The molecule has 82 valence electrons. The first-order valence-corrected chi connectivity index (χ1v) is 4.48. The maximum atomic E-state index is 11.0. The molecule has 0 aliphatic rings. The quantitative estimate of drug-likeness (QED) is 0.589. The SMILES string of the molecule is COC(=O)C(C)N=Cc1ccc(CO)o1. The number of aliphatic imine (C=N–C) groups is 1. The Morgan fingerprint density at radius 2 is 2.47 bits per heavy atom. The van der Waals surface area contributed by atoms with Gasteiger partial charge in [0.25, 0.3) is 0 Å². The first-order chi connectivity index (χ1) is 7.17. The van der Waals surface area contributed by atoms with Crippen molar-refractivity contribution in [2.45, 2.75) is 19.6 Å². The lowest BCUT2D eigenvalue weighted by Gasteiger charge is -2.01. The van der Waals surface area contributed by atoms with E-state index in [1.807, 2.05) is 0 Å². The van der Waals surface area contributed by atoms with Gasteiger partial charge in [0.1, 0.15) is 24.2 Å². The van der Waals surface area contributed by atoms with Crippen LogP contribution in [0.1, 0.15) is 18.4 Å². The molecule has 0 spiro atoms. The van der Waals surface area contributed by atoms with Gasteiger partial charge in [-0.1, -0.05) is 0 Å². The number of rotatable bonds is 4. The van der Waals surface area contributed by atoms with Crippen molar-refractivity contribution in [2.75, 3.05) is 7.11 Å². The number of nitrogens with zero attached hydrogens (tertiary/aromatic N) is 1. The first kappa shape index (κ1) is 11.5. The van der Waals surface area contributed by atoms with Crippen molar-refractivity contribution >= 4 is 12.2 Å². The second kappa shape index (κ2) is 5.31. The molecule has 0 saturated carbocycles. The zero-order chi connectivity index (χ0) is 11.3. The van der Waals surface area contributed by atoms with E-state index in [1.165, 1.54) is 13.3 Å². The summed E-state index contributed by atoms with van der Waals surface area (Å²) in [6.45, 7) is 1.47. The summed E-state index contributed by atoms with van der Waals surface area (Å²) in [6.07, 6.45) is 1.43. The first-order valence-electron chi connectivity index (χ1n) is 4.48. The Hall–Kier alpha value is -1.62. The number of methoxy groups -OCH3 is 1. The zero-order valence-corrected chi connectivity index (χ0v) is 8.64. The number of esters is 1. The van der Waals surface area contributed by atoms with E-state index in [0.29, 0.717) is 11.5 Å². The van der Waals surface area contributed by atoms with E-state index < -0.39 is 12.0 Å². The van der Waals surface area contributed by atoms with Gasteiger partial charge in [0.15, 0.2) is 0 Å². The van der Waals surface area contributed by atoms with Crippen LogP contribution in [0.3, 0.4) is 0 Å². The van der Waals surface area contributed by atoms with E-state index in [0.717, 1.165) is 0 Å². The molecule has 0 aliphatic heterocycles. The second-order valence-corrected chi connectivity index (χ2v) is 2.94. The summed E-state index contributed by atoms with van der Waals surface area (Å²) in [7, 11) is 1.31. The fraction of sp³-hybridized carbons (Fsp3) is 0.400. The van der Waals surface area contributed by atoms with Crippen molar-refractivity contribution < 1.29 is 19.1 Å². The number of carbonyl (C=O) groups is 1. The Labute approximate surface area is 87.4 Å². The topological polar surface area (TPSA) is 72.0 Å². The number of carbonyl (C=O) groups excluding carboxylic acids is 1. The van der Waals surface area contributed by atoms with Gasteiger partial charge in [-0.25, -0.2) is 4.79 Å². The molecule has 5 heteroatoms. The van der Waals surface area contributed by atoms with Gasteiger partial charge in [0, 0.05) is 0 Å². The summed E-state index contributed by atoms with van der Waals surface area (Å²) in [6, 6.07) is 2.75. The van der Waals surface area contributed by atoms with E-state index in [9.17, 15) is 4.79 Å². The third-order valence-electron chi connectivity index (χ3n) is 1.81. The van der Waals surface area contributed by atoms with Crippen LogP contribution < -0.4 is 0 Å².